The Morgan fingerprint density at radius 2 is 2.44 bits per heavy atom. The van der Waals surface area contributed by atoms with Gasteiger partial charge in [0, 0.05) is 31.5 Å². The summed E-state index contributed by atoms with van der Waals surface area (Å²) in [5.41, 5.74) is 7.33. The number of methoxy groups -OCH3 is 1. The molecule has 16 heavy (non-hydrogen) atoms. The topological polar surface area (TPSA) is 60.2 Å². The van der Waals surface area contributed by atoms with Crippen LogP contribution in [0.1, 0.15) is 18.9 Å². The fraction of sp³-hybridized carbons (Fsp3) is 0.455. The smallest absolute Gasteiger partial charge is 0.106 e. The first-order chi connectivity index (χ1) is 7.65. The van der Waals surface area contributed by atoms with Gasteiger partial charge in [-0.15, -0.1) is 0 Å². The van der Waals surface area contributed by atoms with Gasteiger partial charge < -0.3 is 15.8 Å². The van der Waals surface area contributed by atoms with E-state index in [1.54, 1.807) is 19.5 Å². The van der Waals surface area contributed by atoms with Crippen LogP contribution in [0.2, 0.25) is 0 Å². The number of aromatic nitrogens is 1. The molecule has 1 heterocycles. The van der Waals surface area contributed by atoms with Crippen molar-refractivity contribution in [2.75, 3.05) is 19.0 Å². The van der Waals surface area contributed by atoms with E-state index in [-0.39, 0.29) is 6.04 Å². The molecule has 1 unspecified atom stereocenters. The molecule has 1 aromatic heterocycles. The molecule has 0 amide bonds. The largest absolute Gasteiger partial charge is 0.389 e. The predicted octanol–water partition coefficient (Wildman–Crippen LogP) is 1.55. The molecule has 1 atom stereocenters. The van der Waals surface area contributed by atoms with E-state index in [1.165, 1.54) is 0 Å². The average molecular weight is 239 g/mol. The fourth-order valence-electron chi connectivity index (χ4n) is 1.36. The molecule has 0 saturated carbocycles. The molecule has 0 bridgehead atoms. The van der Waals surface area contributed by atoms with E-state index >= 15 is 0 Å². The zero-order valence-electron chi connectivity index (χ0n) is 9.56. The zero-order chi connectivity index (χ0) is 12.0. The average Bonchev–Trinajstić information content (AvgIpc) is 2.27. The van der Waals surface area contributed by atoms with E-state index in [1.807, 2.05) is 6.07 Å². The SMILES string of the molecule is COCCC(C)Nc1cnccc1C(N)=S. The molecule has 0 aliphatic rings. The maximum Gasteiger partial charge on any atom is 0.106 e. The Hall–Kier alpha value is -1.20. The van der Waals surface area contributed by atoms with Gasteiger partial charge in [0.15, 0.2) is 0 Å². The van der Waals surface area contributed by atoms with Gasteiger partial charge in [0.2, 0.25) is 0 Å². The van der Waals surface area contributed by atoms with Crippen LogP contribution >= 0.6 is 12.2 Å². The summed E-state index contributed by atoms with van der Waals surface area (Å²) in [5, 5.41) is 3.32. The molecule has 0 aromatic carbocycles. The van der Waals surface area contributed by atoms with Crippen LogP contribution in [-0.4, -0.2) is 29.7 Å². The monoisotopic (exact) mass is 239 g/mol. The van der Waals surface area contributed by atoms with E-state index in [2.05, 4.69) is 17.2 Å². The van der Waals surface area contributed by atoms with Crippen LogP contribution in [0.15, 0.2) is 18.5 Å². The lowest BCUT2D eigenvalue weighted by molar-refractivity contribution is 0.191. The molecule has 3 N–H and O–H groups in total. The van der Waals surface area contributed by atoms with Gasteiger partial charge in [0.25, 0.3) is 0 Å². The summed E-state index contributed by atoms with van der Waals surface area (Å²) in [5.74, 6) is 0. The highest BCUT2D eigenvalue weighted by Crippen LogP contribution is 2.15. The molecule has 1 aromatic rings. The van der Waals surface area contributed by atoms with Crippen molar-refractivity contribution in [3.8, 4) is 0 Å². The van der Waals surface area contributed by atoms with Crippen LogP contribution in [0.3, 0.4) is 0 Å². The molecule has 0 fully saturated rings. The van der Waals surface area contributed by atoms with Crippen molar-refractivity contribution in [3.05, 3.63) is 24.0 Å². The molecule has 1 rings (SSSR count). The molecule has 0 saturated heterocycles. The van der Waals surface area contributed by atoms with Crippen molar-refractivity contribution in [1.29, 1.82) is 0 Å². The van der Waals surface area contributed by atoms with E-state index in [0.29, 0.717) is 4.99 Å². The minimum atomic E-state index is 0.289. The Labute approximate surface area is 101 Å². The van der Waals surface area contributed by atoms with Crippen LogP contribution in [0, 0.1) is 0 Å². The number of nitrogens with zero attached hydrogens (tertiary/aromatic N) is 1. The third kappa shape index (κ3) is 3.75. The Morgan fingerprint density at radius 1 is 1.69 bits per heavy atom. The summed E-state index contributed by atoms with van der Waals surface area (Å²) in [7, 11) is 1.69. The first-order valence-electron chi connectivity index (χ1n) is 5.14. The number of nitrogens with two attached hydrogens (primary N) is 1. The number of hydrogen-bond donors (Lipinski definition) is 2. The highest BCUT2D eigenvalue weighted by Gasteiger charge is 2.07. The lowest BCUT2D eigenvalue weighted by atomic mass is 10.2. The zero-order valence-corrected chi connectivity index (χ0v) is 10.4. The van der Waals surface area contributed by atoms with Crippen molar-refractivity contribution in [3.63, 3.8) is 0 Å². The van der Waals surface area contributed by atoms with E-state index in [9.17, 15) is 0 Å². The van der Waals surface area contributed by atoms with Crippen molar-refractivity contribution in [2.45, 2.75) is 19.4 Å². The maximum atomic E-state index is 5.63. The summed E-state index contributed by atoms with van der Waals surface area (Å²) in [4.78, 5) is 4.43. The van der Waals surface area contributed by atoms with Gasteiger partial charge in [-0.25, -0.2) is 0 Å². The number of thiocarbonyl (C=S) groups is 1. The molecule has 5 heteroatoms. The first-order valence-corrected chi connectivity index (χ1v) is 5.55. The number of anilines is 1. The van der Waals surface area contributed by atoms with Gasteiger partial charge in [-0.05, 0) is 19.4 Å². The number of rotatable bonds is 6. The number of ether oxygens (including phenoxy) is 1. The Kier molecular flexibility index (Phi) is 5.14. The van der Waals surface area contributed by atoms with Crippen LogP contribution in [-0.2, 0) is 4.74 Å². The number of nitrogens with one attached hydrogen (secondary N) is 1. The third-order valence-electron chi connectivity index (χ3n) is 2.24. The second-order valence-corrected chi connectivity index (χ2v) is 4.05. The fourth-order valence-corrected chi connectivity index (χ4v) is 1.53. The molecular formula is C11H17N3OS. The first kappa shape index (κ1) is 12.9. The van der Waals surface area contributed by atoms with Gasteiger partial charge in [0.05, 0.1) is 11.9 Å². The predicted molar refractivity (Wildman–Crippen MR) is 69.7 cm³/mol. The highest BCUT2D eigenvalue weighted by molar-refractivity contribution is 7.80. The standard InChI is InChI=1S/C11H17N3OS/c1-8(4-6-15-2)14-10-7-13-5-3-9(10)11(12)16/h3,5,7-8,14H,4,6H2,1-2H3,(H2,12,16). The highest BCUT2D eigenvalue weighted by atomic mass is 32.1. The minimum absolute atomic E-state index is 0.289. The Balaban J connectivity index is 2.69. The lowest BCUT2D eigenvalue weighted by Crippen LogP contribution is -2.20. The van der Waals surface area contributed by atoms with Crippen LogP contribution in [0.4, 0.5) is 5.69 Å². The summed E-state index contributed by atoms with van der Waals surface area (Å²) in [6.07, 6.45) is 4.33. The van der Waals surface area contributed by atoms with Gasteiger partial charge in [-0.2, -0.15) is 0 Å². The van der Waals surface area contributed by atoms with E-state index in [0.717, 1.165) is 24.3 Å². The summed E-state index contributed by atoms with van der Waals surface area (Å²) in [6.45, 7) is 2.80. The van der Waals surface area contributed by atoms with E-state index in [4.69, 9.17) is 22.7 Å². The van der Waals surface area contributed by atoms with Gasteiger partial charge in [0.1, 0.15) is 4.99 Å². The molecule has 0 aliphatic carbocycles. The second kappa shape index (κ2) is 6.40. The third-order valence-corrected chi connectivity index (χ3v) is 2.46. The summed E-state index contributed by atoms with van der Waals surface area (Å²) in [6, 6.07) is 2.10. The number of hydrogen-bond acceptors (Lipinski definition) is 4. The van der Waals surface area contributed by atoms with Gasteiger partial charge in [-0.3, -0.25) is 4.98 Å². The maximum absolute atomic E-state index is 5.63. The molecule has 88 valence electrons. The molecule has 4 nitrogen and oxygen atoms in total. The molecule has 0 aliphatic heterocycles. The minimum Gasteiger partial charge on any atom is -0.389 e. The van der Waals surface area contributed by atoms with Gasteiger partial charge in [-0.1, -0.05) is 12.2 Å². The molecule has 0 spiro atoms. The van der Waals surface area contributed by atoms with Crippen LogP contribution in [0.25, 0.3) is 0 Å². The Morgan fingerprint density at radius 3 is 3.06 bits per heavy atom. The number of pyridine rings is 1. The van der Waals surface area contributed by atoms with Crippen LogP contribution < -0.4 is 11.1 Å². The van der Waals surface area contributed by atoms with Crippen molar-refractivity contribution in [2.24, 2.45) is 5.73 Å². The van der Waals surface area contributed by atoms with Crippen molar-refractivity contribution < 1.29 is 4.74 Å². The van der Waals surface area contributed by atoms with Crippen LogP contribution in [0.5, 0.6) is 0 Å². The summed E-state index contributed by atoms with van der Waals surface area (Å²) >= 11 is 4.98. The van der Waals surface area contributed by atoms with E-state index < -0.39 is 0 Å². The molecular weight excluding hydrogens is 222 g/mol. The lowest BCUT2D eigenvalue weighted by Gasteiger charge is -2.16. The van der Waals surface area contributed by atoms with Crippen molar-refractivity contribution in [1.82, 2.24) is 4.98 Å². The molecule has 0 radical (unpaired) electrons. The summed E-state index contributed by atoms with van der Waals surface area (Å²) < 4.78 is 5.02. The van der Waals surface area contributed by atoms with Gasteiger partial charge >= 0.3 is 0 Å². The van der Waals surface area contributed by atoms with Crippen molar-refractivity contribution >= 4 is 22.9 Å². The normalized spacial score (nSPS) is 12.1. The Bertz CT molecular complexity index is 357. The second-order valence-electron chi connectivity index (χ2n) is 3.61. The quantitative estimate of drug-likeness (QED) is 0.738.